The van der Waals surface area contributed by atoms with E-state index < -0.39 is 0 Å². The predicted octanol–water partition coefficient (Wildman–Crippen LogP) is 2.89. The third-order valence-electron chi connectivity index (χ3n) is 5.62. The maximum absolute atomic E-state index is 12.7. The molecule has 2 amide bonds. The van der Waals surface area contributed by atoms with Gasteiger partial charge in [-0.1, -0.05) is 36.4 Å². The van der Waals surface area contributed by atoms with Crippen molar-refractivity contribution in [2.24, 2.45) is 0 Å². The highest BCUT2D eigenvalue weighted by atomic mass is 16.2. The van der Waals surface area contributed by atoms with Gasteiger partial charge in [0.05, 0.1) is 12.5 Å². The Labute approximate surface area is 166 Å². The summed E-state index contributed by atoms with van der Waals surface area (Å²) in [6.45, 7) is 3.65. The summed E-state index contributed by atoms with van der Waals surface area (Å²) in [5.41, 5.74) is 4.41. The Kier molecular flexibility index (Phi) is 5.44. The minimum Gasteiger partial charge on any atom is -0.353 e. The number of nitrogens with one attached hydrogen (secondary N) is 2. The smallest absolute Gasteiger partial charge is 0.241 e. The molecule has 1 aliphatic heterocycles. The van der Waals surface area contributed by atoms with Crippen LogP contribution in [-0.4, -0.2) is 35.3 Å². The SMILES string of the molecule is CC(C(=O)Nc1ccc(CC(=O)NC2CC2)cc1)N1CCc2ccccc2C1. The van der Waals surface area contributed by atoms with E-state index in [9.17, 15) is 9.59 Å². The van der Waals surface area contributed by atoms with Crippen LogP contribution >= 0.6 is 0 Å². The molecule has 4 rings (SSSR count). The summed E-state index contributed by atoms with van der Waals surface area (Å²) in [7, 11) is 0. The topological polar surface area (TPSA) is 61.4 Å². The number of carbonyl (C=O) groups is 2. The molecule has 1 fully saturated rings. The number of rotatable bonds is 6. The van der Waals surface area contributed by atoms with Crippen molar-refractivity contribution in [1.29, 1.82) is 0 Å². The van der Waals surface area contributed by atoms with Crippen LogP contribution < -0.4 is 10.6 Å². The fourth-order valence-corrected chi connectivity index (χ4v) is 3.66. The van der Waals surface area contributed by atoms with Crippen LogP contribution in [0.3, 0.4) is 0 Å². The number of hydrogen-bond donors (Lipinski definition) is 2. The van der Waals surface area contributed by atoms with Crippen molar-refractivity contribution in [3.8, 4) is 0 Å². The zero-order valence-corrected chi connectivity index (χ0v) is 16.3. The second-order valence-electron chi connectivity index (χ2n) is 7.87. The molecule has 2 aromatic carbocycles. The average Bonchev–Trinajstić information content (AvgIpc) is 3.52. The average molecular weight is 377 g/mol. The molecule has 2 aromatic rings. The van der Waals surface area contributed by atoms with Gasteiger partial charge in [-0.15, -0.1) is 0 Å². The second kappa shape index (κ2) is 8.15. The fraction of sp³-hybridized carbons (Fsp3) is 0.391. The molecule has 28 heavy (non-hydrogen) atoms. The lowest BCUT2D eigenvalue weighted by Crippen LogP contribution is -2.44. The van der Waals surface area contributed by atoms with Crippen LogP contribution in [0.25, 0.3) is 0 Å². The molecule has 1 unspecified atom stereocenters. The van der Waals surface area contributed by atoms with E-state index in [4.69, 9.17) is 0 Å². The quantitative estimate of drug-likeness (QED) is 0.814. The van der Waals surface area contributed by atoms with Crippen LogP contribution in [0, 0.1) is 0 Å². The first-order valence-electron chi connectivity index (χ1n) is 10.1. The first-order chi connectivity index (χ1) is 13.6. The Morgan fingerprint density at radius 3 is 2.50 bits per heavy atom. The van der Waals surface area contributed by atoms with Gasteiger partial charge in [0, 0.05) is 24.8 Å². The minimum absolute atomic E-state index is 0.00129. The third kappa shape index (κ3) is 4.60. The van der Waals surface area contributed by atoms with Crippen LogP contribution in [0.1, 0.15) is 36.5 Å². The summed E-state index contributed by atoms with van der Waals surface area (Å²) >= 11 is 0. The molecule has 0 saturated heterocycles. The molecule has 1 heterocycles. The van der Waals surface area contributed by atoms with Gasteiger partial charge in [-0.25, -0.2) is 0 Å². The van der Waals surface area contributed by atoms with Gasteiger partial charge >= 0.3 is 0 Å². The van der Waals surface area contributed by atoms with Gasteiger partial charge < -0.3 is 10.6 Å². The fourth-order valence-electron chi connectivity index (χ4n) is 3.66. The molecular weight excluding hydrogens is 350 g/mol. The molecule has 0 radical (unpaired) electrons. The summed E-state index contributed by atoms with van der Waals surface area (Å²) in [5.74, 6) is 0.0666. The number of benzene rings is 2. The van der Waals surface area contributed by atoms with E-state index in [0.29, 0.717) is 12.5 Å². The Morgan fingerprint density at radius 1 is 1.07 bits per heavy atom. The number of amides is 2. The second-order valence-corrected chi connectivity index (χ2v) is 7.87. The van der Waals surface area contributed by atoms with Crippen molar-refractivity contribution in [3.05, 3.63) is 65.2 Å². The van der Waals surface area contributed by atoms with Crippen molar-refractivity contribution in [2.75, 3.05) is 11.9 Å². The molecule has 2 aliphatic rings. The standard InChI is InChI=1S/C23H27N3O2/c1-16(26-13-12-18-4-2-3-5-19(18)15-26)23(28)25-21-8-6-17(7-9-21)14-22(27)24-20-10-11-20/h2-9,16,20H,10-15H2,1H3,(H,24,27)(H,25,28). The highest BCUT2D eigenvalue weighted by molar-refractivity contribution is 5.94. The number of anilines is 1. The number of hydrogen-bond acceptors (Lipinski definition) is 3. The monoisotopic (exact) mass is 377 g/mol. The Bertz CT molecular complexity index is 858. The number of fused-ring (bicyclic) bond motifs is 1. The van der Waals surface area contributed by atoms with E-state index in [2.05, 4.69) is 39.8 Å². The van der Waals surface area contributed by atoms with Crippen molar-refractivity contribution in [1.82, 2.24) is 10.2 Å². The zero-order chi connectivity index (χ0) is 19.5. The van der Waals surface area contributed by atoms with Gasteiger partial charge in [0.2, 0.25) is 11.8 Å². The first-order valence-corrected chi connectivity index (χ1v) is 10.1. The summed E-state index contributed by atoms with van der Waals surface area (Å²) < 4.78 is 0. The Balaban J connectivity index is 1.31. The van der Waals surface area contributed by atoms with Crippen molar-refractivity contribution in [3.63, 3.8) is 0 Å². The lowest BCUT2D eigenvalue weighted by molar-refractivity contribution is -0.121. The van der Waals surface area contributed by atoms with Crippen LogP contribution in [0.4, 0.5) is 5.69 Å². The van der Waals surface area contributed by atoms with Gasteiger partial charge in [-0.3, -0.25) is 14.5 Å². The van der Waals surface area contributed by atoms with Crippen LogP contribution in [-0.2, 0) is 29.0 Å². The van der Waals surface area contributed by atoms with Gasteiger partial charge in [0.25, 0.3) is 0 Å². The zero-order valence-electron chi connectivity index (χ0n) is 16.3. The van der Waals surface area contributed by atoms with E-state index in [0.717, 1.165) is 43.6 Å². The Morgan fingerprint density at radius 2 is 1.79 bits per heavy atom. The summed E-state index contributed by atoms with van der Waals surface area (Å²) in [5, 5.41) is 6.00. The van der Waals surface area contributed by atoms with Crippen molar-refractivity contribution >= 4 is 17.5 Å². The molecule has 0 bridgehead atoms. The van der Waals surface area contributed by atoms with E-state index >= 15 is 0 Å². The van der Waals surface area contributed by atoms with E-state index in [1.807, 2.05) is 31.2 Å². The third-order valence-corrected chi connectivity index (χ3v) is 5.62. The van der Waals surface area contributed by atoms with Crippen molar-refractivity contribution < 1.29 is 9.59 Å². The molecule has 1 atom stereocenters. The number of nitrogens with zero attached hydrogens (tertiary/aromatic N) is 1. The van der Waals surface area contributed by atoms with Crippen LogP contribution in [0.5, 0.6) is 0 Å². The predicted molar refractivity (Wildman–Crippen MR) is 110 cm³/mol. The van der Waals surface area contributed by atoms with E-state index in [1.165, 1.54) is 11.1 Å². The maximum Gasteiger partial charge on any atom is 0.241 e. The van der Waals surface area contributed by atoms with Gasteiger partial charge in [-0.05, 0) is 55.0 Å². The highest BCUT2D eigenvalue weighted by Crippen LogP contribution is 2.21. The minimum atomic E-state index is -0.197. The largest absolute Gasteiger partial charge is 0.353 e. The summed E-state index contributed by atoms with van der Waals surface area (Å²) in [6.07, 6.45) is 3.55. The maximum atomic E-state index is 12.7. The number of carbonyl (C=O) groups excluding carboxylic acids is 2. The Hall–Kier alpha value is -2.66. The molecule has 1 saturated carbocycles. The van der Waals surface area contributed by atoms with Gasteiger partial charge in [-0.2, -0.15) is 0 Å². The van der Waals surface area contributed by atoms with Gasteiger partial charge in [0.15, 0.2) is 0 Å². The molecule has 5 nitrogen and oxygen atoms in total. The molecule has 2 N–H and O–H groups in total. The van der Waals surface area contributed by atoms with Crippen LogP contribution in [0.15, 0.2) is 48.5 Å². The first kappa shape index (κ1) is 18.7. The highest BCUT2D eigenvalue weighted by Gasteiger charge is 2.25. The van der Waals surface area contributed by atoms with E-state index in [1.54, 1.807) is 0 Å². The lowest BCUT2D eigenvalue weighted by atomic mass is 9.99. The molecule has 0 spiro atoms. The molecule has 5 heteroatoms. The van der Waals surface area contributed by atoms with E-state index in [-0.39, 0.29) is 17.9 Å². The summed E-state index contributed by atoms with van der Waals surface area (Å²) in [4.78, 5) is 26.8. The van der Waals surface area contributed by atoms with Crippen LogP contribution in [0.2, 0.25) is 0 Å². The molecule has 146 valence electrons. The normalized spacial score (nSPS) is 17.5. The molecule has 1 aliphatic carbocycles. The summed E-state index contributed by atoms with van der Waals surface area (Å²) in [6, 6.07) is 16.2. The lowest BCUT2D eigenvalue weighted by Gasteiger charge is -2.32. The molecular formula is C23H27N3O2. The van der Waals surface area contributed by atoms with Gasteiger partial charge in [0.1, 0.15) is 0 Å². The van der Waals surface area contributed by atoms with Crippen molar-refractivity contribution in [2.45, 2.75) is 51.2 Å². The molecule has 0 aromatic heterocycles.